The second-order valence-electron chi connectivity index (χ2n) is 2.46. The Morgan fingerprint density at radius 2 is 1.93 bits per heavy atom. The van der Waals surface area contributed by atoms with Crippen LogP contribution in [0.1, 0.15) is 0 Å². The summed E-state index contributed by atoms with van der Waals surface area (Å²) in [6.45, 7) is -4.99. The summed E-state index contributed by atoms with van der Waals surface area (Å²) in [4.78, 5) is 9.95. The van der Waals surface area contributed by atoms with Crippen molar-refractivity contribution < 1.29 is 69.1 Å². The van der Waals surface area contributed by atoms with E-state index in [1.807, 2.05) is 0 Å². The molecule has 0 aliphatic carbocycles. The standard InChI is InChI=1S/C7H6BF3NO.K/c9-8(10,11)6-2-1-3-7(4-6)12-5-13;/h1-5H,(H,12,13);/q-1;+1. The van der Waals surface area contributed by atoms with E-state index in [0.717, 1.165) is 12.1 Å². The van der Waals surface area contributed by atoms with Gasteiger partial charge in [-0.3, -0.25) is 4.79 Å². The van der Waals surface area contributed by atoms with Gasteiger partial charge in [0.15, 0.2) is 0 Å². The molecule has 0 saturated carbocycles. The minimum Gasteiger partial charge on any atom is -0.445 e. The minimum absolute atomic E-state index is 0. The summed E-state index contributed by atoms with van der Waals surface area (Å²) in [6.07, 6.45) is 0.336. The molecule has 1 aromatic carbocycles. The first kappa shape index (κ1) is 14.2. The van der Waals surface area contributed by atoms with E-state index >= 15 is 0 Å². The molecule has 0 aliphatic rings. The zero-order chi connectivity index (χ0) is 9.90. The summed E-state index contributed by atoms with van der Waals surface area (Å²) >= 11 is 0. The summed E-state index contributed by atoms with van der Waals surface area (Å²) in [5.41, 5.74) is -0.571. The van der Waals surface area contributed by atoms with Gasteiger partial charge in [-0.1, -0.05) is 18.2 Å². The van der Waals surface area contributed by atoms with Gasteiger partial charge in [0.1, 0.15) is 0 Å². The van der Waals surface area contributed by atoms with Gasteiger partial charge in [-0.05, 0) is 6.07 Å². The quantitative estimate of drug-likeness (QED) is 0.484. The average molecular weight is 227 g/mol. The first-order valence-electron chi connectivity index (χ1n) is 3.54. The molecule has 0 aromatic heterocycles. The average Bonchev–Trinajstić information content (AvgIpc) is 2.04. The van der Waals surface area contributed by atoms with E-state index in [1.165, 1.54) is 12.1 Å². The van der Waals surface area contributed by atoms with Crippen LogP contribution in [0.15, 0.2) is 24.3 Å². The van der Waals surface area contributed by atoms with Crippen molar-refractivity contribution in [3.63, 3.8) is 0 Å². The Balaban J connectivity index is 0.00000169. The number of hydrogen-bond donors (Lipinski definition) is 1. The third-order valence-corrected chi connectivity index (χ3v) is 1.49. The van der Waals surface area contributed by atoms with Crippen LogP contribution in [0.4, 0.5) is 18.6 Å². The van der Waals surface area contributed by atoms with Crippen molar-refractivity contribution in [3.05, 3.63) is 24.3 Å². The molecule has 0 heterocycles. The van der Waals surface area contributed by atoms with Gasteiger partial charge in [-0.2, -0.15) is 0 Å². The molecule has 2 nitrogen and oxygen atoms in total. The molecule has 1 amide bonds. The van der Waals surface area contributed by atoms with Crippen LogP contribution in [0.5, 0.6) is 0 Å². The zero-order valence-corrected chi connectivity index (χ0v) is 10.6. The van der Waals surface area contributed by atoms with Crippen molar-refractivity contribution in [1.82, 2.24) is 0 Å². The number of carbonyl (C=O) groups excluding carboxylic acids is 1. The van der Waals surface area contributed by atoms with Crippen molar-refractivity contribution in [3.8, 4) is 0 Å². The molecule has 70 valence electrons. The van der Waals surface area contributed by atoms with Crippen molar-refractivity contribution in [2.45, 2.75) is 0 Å². The van der Waals surface area contributed by atoms with E-state index in [4.69, 9.17) is 0 Å². The van der Waals surface area contributed by atoms with Gasteiger partial charge >= 0.3 is 58.4 Å². The molecular weight excluding hydrogens is 221 g/mol. The van der Waals surface area contributed by atoms with Gasteiger partial charge in [0.05, 0.1) is 0 Å². The minimum atomic E-state index is -4.99. The van der Waals surface area contributed by atoms with Gasteiger partial charge in [0, 0.05) is 5.69 Å². The van der Waals surface area contributed by atoms with E-state index in [1.54, 1.807) is 0 Å². The molecular formula is C7H6BF3KNO. The van der Waals surface area contributed by atoms with E-state index in [2.05, 4.69) is 5.32 Å². The van der Waals surface area contributed by atoms with E-state index in [9.17, 15) is 17.7 Å². The smallest absolute Gasteiger partial charge is 0.445 e. The van der Waals surface area contributed by atoms with Crippen LogP contribution in [0.25, 0.3) is 0 Å². The summed E-state index contributed by atoms with van der Waals surface area (Å²) in [5, 5.41) is 2.15. The number of hydrogen-bond acceptors (Lipinski definition) is 1. The Labute approximate surface area is 122 Å². The topological polar surface area (TPSA) is 29.1 Å². The fourth-order valence-electron chi connectivity index (χ4n) is 0.900. The Bertz CT molecular complexity index is 318. The molecule has 0 fully saturated rings. The van der Waals surface area contributed by atoms with Crippen LogP contribution in [-0.2, 0) is 4.79 Å². The molecule has 14 heavy (non-hydrogen) atoms. The second-order valence-corrected chi connectivity index (χ2v) is 2.46. The molecule has 0 atom stereocenters. The molecule has 7 heteroatoms. The fraction of sp³-hybridized carbons (Fsp3) is 0. The summed E-state index contributed by atoms with van der Waals surface area (Å²) in [5.74, 6) is 0. The molecule has 1 aromatic rings. The number of nitrogens with one attached hydrogen (secondary N) is 1. The van der Waals surface area contributed by atoms with Gasteiger partial charge in [0.25, 0.3) is 0 Å². The number of rotatable bonds is 3. The monoisotopic (exact) mass is 227 g/mol. The van der Waals surface area contributed by atoms with Gasteiger partial charge in [0.2, 0.25) is 6.41 Å². The number of anilines is 1. The molecule has 1 rings (SSSR count). The molecule has 0 radical (unpaired) electrons. The van der Waals surface area contributed by atoms with Gasteiger partial charge in [-0.25, -0.2) is 0 Å². The van der Waals surface area contributed by atoms with Gasteiger partial charge < -0.3 is 18.3 Å². The van der Waals surface area contributed by atoms with Crippen LogP contribution in [0.3, 0.4) is 0 Å². The van der Waals surface area contributed by atoms with Crippen molar-refractivity contribution in [1.29, 1.82) is 0 Å². The van der Waals surface area contributed by atoms with Gasteiger partial charge in [-0.15, -0.1) is 5.46 Å². The maximum atomic E-state index is 12.2. The molecule has 1 N–H and O–H groups in total. The fourth-order valence-corrected chi connectivity index (χ4v) is 0.900. The van der Waals surface area contributed by atoms with Crippen molar-refractivity contribution >= 4 is 24.5 Å². The number of amides is 1. The largest absolute Gasteiger partial charge is 1.00 e. The summed E-state index contributed by atoms with van der Waals surface area (Å²) < 4.78 is 36.5. The van der Waals surface area contributed by atoms with Crippen LogP contribution in [-0.4, -0.2) is 13.4 Å². The first-order chi connectivity index (χ1) is 6.04. The van der Waals surface area contributed by atoms with Crippen LogP contribution >= 0.6 is 0 Å². The maximum Gasteiger partial charge on any atom is 1.00 e. The molecule has 0 spiro atoms. The predicted molar refractivity (Wildman–Crippen MR) is 44.8 cm³/mol. The Morgan fingerprint density at radius 3 is 2.43 bits per heavy atom. The van der Waals surface area contributed by atoms with Crippen LogP contribution in [0.2, 0.25) is 0 Å². The van der Waals surface area contributed by atoms with Crippen LogP contribution in [0, 0.1) is 0 Å². The zero-order valence-electron chi connectivity index (χ0n) is 7.51. The van der Waals surface area contributed by atoms with Crippen molar-refractivity contribution in [2.75, 3.05) is 5.32 Å². The number of halogens is 3. The molecule has 0 saturated heterocycles. The molecule has 0 bridgehead atoms. The SMILES string of the molecule is O=CNc1cccc([B-](F)(F)F)c1.[K+]. The Hall–Kier alpha value is 0.181. The number of carbonyl (C=O) groups is 1. The maximum absolute atomic E-state index is 12.2. The summed E-state index contributed by atoms with van der Waals surface area (Å²) in [6, 6.07) is 4.50. The molecule has 0 aliphatic heterocycles. The summed E-state index contributed by atoms with van der Waals surface area (Å²) in [7, 11) is 0. The van der Waals surface area contributed by atoms with E-state index in [0.29, 0.717) is 6.41 Å². The van der Waals surface area contributed by atoms with Crippen LogP contribution < -0.4 is 62.2 Å². The first-order valence-corrected chi connectivity index (χ1v) is 3.54. The normalized spacial score (nSPS) is 10.2. The third-order valence-electron chi connectivity index (χ3n) is 1.49. The molecule has 0 unspecified atom stereocenters. The van der Waals surface area contributed by atoms with E-state index < -0.39 is 12.4 Å². The second kappa shape index (κ2) is 5.92. The Morgan fingerprint density at radius 1 is 1.29 bits per heavy atom. The van der Waals surface area contributed by atoms with E-state index in [-0.39, 0.29) is 57.1 Å². The third kappa shape index (κ3) is 4.14. The number of benzene rings is 1. The Kier molecular flexibility index (Phi) is 5.99. The predicted octanol–water partition coefficient (Wildman–Crippen LogP) is -1.69. The van der Waals surface area contributed by atoms with Crippen molar-refractivity contribution in [2.24, 2.45) is 0 Å².